The van der Waals surface area contributed by atoms with Gasteiger partial charge in [-0.1, -0.05) is 18.2 Å². The Hall–Kier alpha value is -3.15. The molecule has 128 valence electrons. The highest BCUT2D eigenvalue weighted by Crippen LogP contribution is 2.18. The molecule has 6 heteroatoms. The standard InChI is InChI=1S/C19H20N4O2/c1-15-7-8-18(11-16(15)2)24-9-10-25-19-6-4-3-5-17(19)12-22-23-13-20-21-14-23/h3-8,11-14H,9-10H2,1-2H3/b22-12-. The van der Waals surface area contributed by atoms with E-state index in [4.69, 9.17) is 9.47 Å². The summed E-state index contributed by atoms with van der Waals surface area (Å²) >= 11 is 0. The SMILES string of the molecule is Cc1ccc(OCCOc2ccccc2/C=N\n2cnnc2)cc1C. The second-order valence-electron chi connectivity index (χ2n) is 5.57. The van der Waals surface area contributed by atoms with Gasteiger partial charge in [0.2, 0.25) is 0 Å². The normalized spacial score (nSPS) is 11.0. The van der Waals surface area contributed by atoms with Crippen LogP contribution < -0.4 is 9.47 Å². The van der Waals surface area contributed by atoms with Crippen molar-refractivity contribution in [1.29, 1.82) is 0 Å². The number of rotatable bonds is 7. The monoisotopic (exact) mass is 336 g/mol. The number of hydrogen-bond donors (Lipinski definition) is 0. The first-order valence-electron chi connectivity index (χ1n) is 8.03. The fourth-order valence-electron chi connectivity index (χ4n) is 2.22. The minimum Gasteiger partial charge on any atom is -0.490 e. The molecule has 0 N–H and O–H groups in total. The van der Waals surface area contributed by atoms with E-state index >= 15 is 0 Å². The van der Waals surface area contributed by atoms with Gasteiger partial charge >= 0.3 is 0 Å². The second-order valence-corrected chi connectivity index (χ2v) is 5.57. The molecular formula is C19H20N4O2. The van der Waals surface area contributed by atoms with Crippen molar-refractivity contribution >= 4 is 6.21 Å². The second kappa shape index (κ2) is 8.10. The zero-order valence-electron chi connectivity index (χ0n) is 14.3. The van der Waals surface area contributed by atoms with Crippen LogP contribution in [0.15, 0.2) is 60.2 Å². The molecule has 0 unspecified atom stereocenters. The Labute approximate surface area is 146 Å². The summed E-state index contributed by atoms with van der Waals surface area (Å²) in [5.41, 5.74) is 3.35. The molecule has 1 heterocycles. The van der Waals surface area contributed by atoms with Crippen molar-refractivity contribution in [2.75, 3.05) is 13.2 Å². The van der Waals surface area contributed by atoms with Crippen LogP contribution in [-0.2, 0) is 0 Å². The third-order valence-electron chi connectivity index (χ3n) is 3.74. The van der Waals surface area contributed by atoms with Crippen LogP contribution in [-0.4, -0.2) is 34.3 Å². The summed E-state index contributed by atoms with van der Waals surface area (Å²) in [6.07, 6.45) is 4.76. The highest BCUT2D eigenvalue weighted by atomic mass is 16.5. The molecule has 0 bridgehead atoms. The highest BCUT2D eigenvalue weighted by molar-refractivity contribution is 5.83. The van der Waals surface area contributed by atoms with Crippen LogP contribution in [0.1, 0.15) is 16.7 Å². The van der Waals surface area contributed by atoms with Crippen LogP contribution in [0, 0.1) is 13.8 Å². The van der Waals surface area contributed by atoms with Gasteiger partial charge in [0, 0.05) is 5.56 Å². The zero-order valence-corrected chi connectivity index (χ0v) is 14.3. The van der Waals surface area contributed by atoms with Crippen molar-refractivity contribution in [3.8, 4) is 11.5 Å². The topological polar surface area (TPSA) is 61.5 Å². The summed E-state index contributed by atoms with van der Waals surface area (Å²) in [6.45, 7) is 5.08. The molecule has 0 spiro atoms. The van der Waals surface area contributed by atoms with Gasteiger partial charge in [-0.2, -0.15) is 5.10 Å². The molecule has 0 saturated carbocycles. The summed E-state index contributed by atoms with van der Waals surface area (Å²) in [5.74, 6) is 1.61. The number of aromatic nitrogens is 3. The molecule has 2 aromatic carbocycles. The lowest BCUT2D eigenvalue weighted by Gasteiger charge is -2.11. The first-order chi connectivity index (χ1) is 12.2. The van der Waals surface area contributed by atoms with Crippen molar-refractivity contribution in [3.05, 3.63) is 71.8 Å². The number of benzene rings is 2. The summed E-state index contributed by atoms with van der Waals surface area (Å²) in [5, 5.41) is 11.7. The lowest BCUT2D eigenvalue weighted by Crippen LogP contribution is -2.10. The predicted octanol–water partition coefficient (Wildman–Crippen LogP) is 3.23. The van der Waals surface area contributed by atoms with Gasteiger partial charge in [-0.15, -0.1) is 10.2 Å². The molecule has 0 aliphatic rings. The lowest BCUT2D eigenvalue weighted by atomic mass is 10.1. The van der Waals surface area contributed by atoms with Gasteiger partial charge in [-0.05, 0) is 49.2 Å². The van der Waals surface area contributed by atoms with Crippen molar-refractivity contribution in [2.24, 2.45) is 5.10 Å². The van der Waals surface area contributed by atoms with E-state index in [0.717, 1.165) is 17.1 Å². The predicted molar refractivity (Wildman–Crippen MR) is 96.4 cm³/mol. The Bertz CT molecular complexity index is 844. The van der Waals surface area contributed by atoms with E-state index in [1.165, 1.54) is 28.5 Å². The van der Waals surface area contributed by atoms with Crippen LogP contribution in [0.25, 0.3) is 0 Å². The van der Waals surface area contributed by atoms with E-state index in [-0.39, 0.29) is 0 Å². The van der Waals surface area contributed by atoms with E-state index < -0.39 is 0 Å². The Kier molecular flexibility index (Phi) is 5.41. The van der Waals surface area contributed by atoms with Gasteiger partial charge in [0.25, 0.3) is 0 Å². The molecular weight excluding hydrogens is 316 g/mol. The van der Waals surface area contributed by atoms with E-state index in [1.54, 1.807) is 6.21 Å². The third-order valence-corrected chi connectivity index (χ3v) is 3.74. The van der Waals surface area contributed by atoms with Crippen molar-refractivity contribution in [2.45, 2.75) is 13.8 Å². The Morgan fingerprint density at radius 1 is 0.960 bits per heavy atom. The first kappa shape index (κ1) is 16.7. The minimum absolute atomic E-state index is 0.449. The average Bonchev–Trinajstić information content (AvgIpc) is 3.14. The van der Waals surface area contributed by atoms with Gasteiger partial charge in [0.05, 0.1) is 6.21 Å². The molecule has 0 saturated heterocycles. The van der Waals surface area contributed by atoms with Gasteiger partial charge in [-0.25, -0.2) is 4.68 Å². The maximum atomic E-state index is 5.83. The average molecular weight is 336 g/mol. The van der Waals surface area contributed by atoms with Crippen LogP contribution >= 0.6 is 0 Å². The molecule has 6 nitrogen and oxygen atoms in total. The van der Waals surface area contributed by atoms with E-state index in [0.29, 0.717) is 13.2 Å². The Balaban J connectivity index is 1.55. The first-order valence-corrected chi connectivity index (χ1v) is 8.03. The molecule has 0 radical (unpaired) electrons. The van der Waals surface area contributed by atoms with E-state index in [9.17, 15) is 0 Å². The molecule has 0 aliphatic heterocycles. The van der Waals surface area contributed by atoms with Crippen LogP contribution in [0.4, 0.5) is 0 Å². The van der Waals surface area contributed by atoms with Crippen LogP contribution in [0.3, 0.4) is 0 Å². The quantitative estimate of drug-likeness (QED) is 0.491. The molecule has 0 amide bonds. The lowest BCUT2D eigenvalue weighted by molar-refractivity contribution is 0.217. The fourth-order valence-corrected chi connectivity index (χ4v) is 2.22. The fraction of sp³-hybridized carbons (Fsp3) is 0.211. The molecule has 3 aromatic rings. The van der Waals surface area contributed by atoms with Crippen LogP contribution in [0.5, 0.6) is 11.5 Å². The number of nitrogens with zero attached hydrogens (tertiary/aromatic N) is 4. The molecule has 1 aromatic heterocycles. The zero-order chi connectivity index (χ0) is 17.5. The number of hydrogen-bond acceptors (Lipinski definition) is 5. The third kappa shape index (κ3) is 4.67. The minimum atomic E-state index is 0.449. The Morgan fingerprint density at radius 2 is 1.72 bits per heavy atom. The largest absolute Gasteiger partial charge is 0.490 e. The van der Waals surface area contributed by atoms with Crippen molar-refractivity contribution < 1.29 is 9.47 Å². The van der Waals surface area contributed by atoms with E-state index in [2.05, 4.69) is 35.2 Å². The molecule has 0 atom stereocenters. The maximum absolute atomic E-state index is 5.83. The van der Waals surface area contributed by atoms with Gasteiger partial charge in [0.15, 0.2) is 0 Å². The molecule has 0 aliphatic carbocycles. The van der Waals surface area contributed by atoms with E-state index in [1.807, 2.05) is 36.4 Å². The van der Waals surface area contributed by atoms with Crippen LogP contribution in [0.2, 0.25) is 0 Å². The summed E-state index contributed by atoms with van der Waals surface area (Å²) < 4.78 is 13.1. The molecule has 3 rings (SSSR count). The van der Waals surface area contributed by atoms with Gasteiger partial charge in [0.1, 0.15) is 37.4 Å². The van der Waals surface area contributed by atoms with Gasteiger partial charge < -0.3 is 9.47 Å². The Morgan fingerprint density at radius 3 is 2.52 bits per heavy atom. The molecule has 25 heavy (non-hydrogen) atoms. The van der Waals surface area contributed by atoms with Gasteiger partial charge in [-0.3, -0.25) is 0 Å². The number of para-hydroxylation sites is 1. The number of aryl methyl sites for hydroxylation is 2. The molecule has 0 fully saturated rings. The highest BCUT2D eigenvalue weighted by Gasteiger charge is 2.02. The van der Waals surface area contributed by atoms with Crippen molar-refractivity contribution in [3.63, 3.8) is 0 Å². The maximum Gasteiger partial charge on any atom is 0.141 e. The summed E-state index contributed by atoms with van der Waals surface area (Å²) in [7, 11) is 0. The number of ether oxygens (including phenoxy) is 2. The summed E-state index contributed by atoms with van der Waals surface area (Å²) in [4.78, 5) is 0. The smallest absolute Gasteiger partial charge is 0.141 e. The van der Waals surface area contributed by atoms with Crippen molar-refractivity contribution in [1.82, 2.24) is 14.9 Å². The summed E-state index contributed by atoms with van der Waals surface area (Å²) in [6, 6.07) is 13.8.